The van der Waals surface area contributed by atoms with Crippen LogP contribution >= 0.6 is 0 Å². The van der Waals surface area contributed by atoms with Crippen molar-refractivity contribution in [3.63, 3.8) is 0 Å². The van der Waals surface area contributed by atoms with E-state index in [0.717, 1.165) is 25.0 Å². The summed E-state index contributed by atoms with van der Waals surface area (Å²) >= 11 is 0. The smallest absolute Gasteiger partial charge is 0.275 e. The van der Waals surface area contributed by atoms with Gasteiger partial charge in [0, 0.05) is 42.0 Å². The summed E-state index contributed by atoms with van der Waals surface area (Å²) in [5.74, 6) is -0.103. The molecule has 1 aromatic heterocycles. The van der Waals surface area contributed by atoms with Gasteiger partial charge in [0.1, 0.15) is 0 Å². The van der Waals surface area contributed by atoms with Gasteiger partial charge in [0.2, 0.25) is 5.91 Å². The van der Waals surface area contributed by atoms with Crippen molar-refractivity contribution in [3.05, 3.63) is 64.0 Å². The normalized spacial score (nSPS) is 10.5. The number of amides is 1. The molecule has 0 fully saturated rings. The minimum atomic E-state index is -0.418. The predicted molar refractivity (Wildman–Crippen MR) is 102 cm³/mol. The number of carbonyl (C=O) groups excluding carboxylic acids is 1. The van der Waals surface area contributed by atoms with Crippen molar-refractivity contribution in [2.24, 2.45) is 0 Å². The third kappa shape index (κ3) is 6.27. The van der Waals surface area contributed by atoms with Crippen LogP contribution in [0.2, 0.25) is 0 Å². The van der Waals surface area contributed by atoms with Crippen molar-refractivity contribution in [2.45, 2.75) is 51.9 Å². The van der Waals surface area contributed by atoms with Crippen LogP contribution in [0.4, 0.5) is 11.4 Å². The Hall–Kier alpha value is -2.76. The van der Waals surface area contributed by atoms with E-state index in [1.54, 1.807) is 24.4 Å². The summed E-state index contributed by atoms with van der Waals surface area (Å²) in [4.78, 5) is 27.2. The Morgan fingerprint density at radius 3 is 2.65 bits per heavy atom. The lowest BCUT2D eigenvalue weighted by molar-refractivity contribution is -0.385. The second-order valence-corrected chi connectivity index (χ2v) is 6.31. The quantitative estimate of drug-likeness (QED) is 0.374. The van der Waals surface area contributed by atoms with E-state index in [4.69, 9.17) is 0 Å². The van der Waals surface area contributed by atoms with E-state index < -0.39 is 4.92 Å². The van der Waals surface area contributed by atoms with Gasteiger partial charge in [-0.15, -0.1) is 0 Å². The molecule has 1 amide bonds. The fourth-order valence-electron chi connectivity index (χ4n) is 2.77. The van der Waals surface area contributed by atoms with Crippen molar-refractivity contribution < 1.29 is 9.72 Å². The molecule has 1 N–H and O–H groups in total. The van der Waals surface area contributed by atoms with E-state index in [0.29, 0.717) is 24.1 Å². The summed E-state index contributed by atoms with van der Waals surface area (Å²) in [6.45, 7) is 2.15. The van der Waals surface area contributed by atoms with Gasteiger partial charge in [-0.1, -0.05) is 38.7 Å². The molecule has 6 nitrogen and oxygen atoms in total. The van der Waals surface area contributed by atoms with E-state index in [2.05, 4.69) is 17.2 Å². The average molecular weight is 355 g/mol. The second-order valence-electron chi connectivity index (χ2n) is 6.31. The van der Waals surface area contributed by atoms with Gasteiger partial charge in [0.05, 0.1) is 4.92 Å². The Morgan fingerprint density at radius 1 is 1.15 bits per heavy atom. The lowest BCUT2D eigenvalue weighted by Crippen LogP contribution is -2.11. The standard InChI is InChI=1S/C20H25N3O3/c1-2-3-4-5-6-10-20(24)22-18-12-11-16(19(15-18)23(25)26)14-17-9-7-8-13-21-17/h7-9,11-13,15H,2-6,10,14H2,1H3,(H,22,24). The van der Waals surface area contributed by atoms with Crippen LogP contribution in [0, 0.1) is 10.1 Å². The van der Waals surface area contributed by atoms with Crippen molar-refractivity contribution >= 4 is 17.3 Å². The summed E-state index contributed by atoms with van der Waals surface area (Å²) in [6, 6.07) is 10.3. The minimum Gasteiger partial charge on any atom is -0.326 e. The summed E-state index contributed by atoms with van der Waals surface area (Å²) in [5, 5.41) is 14.2. The van der Waals surface area contributed by atoms with E-state index >= 15 is 0 Å². The van der Waals surface area contributed by atoms with Crippen LogP contribution in [0.5, 0.6) is 0 Å². The molecule has 6 heteroatoms. The molecule has 26 heavy (non-hydrogen) atoms. The van der Waals surface area contributed by atoms with Crippen molar-refractivity contribution in [1.82, 2.24) is 4.98 Å². The summed E-state index contributed by atoms with van der Waals surface area (Å²) in [6.07, 6.45) is 7.84. The molecule has 0 aliphatic rings. The number of benzene rings is 1. The summed E-state index contributed by atoms with van der Waals surface area (Å²) in [5.41, 5.74) is 1.79. The molecule has 0 saturated heterocycles. The Morgan fingerprint density at radius 2 is 1.96 bits per heavy atom. The SMILES string of the molecule is CCCCCCCC(=O)Nc1ccc(Cc2ccccn2)c([N+](=O)[O-])c1. The number of unbranched alkanes of at least 4 members (excludes halogenated alkanes) is 4. The predicted octanol–water partition coefficient (Wildman–Crippen LogP) is 4.88. The van der Waals surface area contributed by atoms with Crippen LogP contribution in [0.15, 0.2) is 42.6 Å². The lowest BCUT2D eigenvalue weighted by atomic mass is 10.1. The van der Waals surface area contributed by atoms with Crippen LogP contribution in [-0.4, -0.2) is 15.8 Å². The molecule has 0 aliphatic carbocycles. The molecule has 138 valence electrons. The van der Waals surface area contributed by atoms with Gasteiger partial charge >= 0.3 is 0 Å². The molecule has 0 bridgehead atoms. The van der Waals surface area contributed by atoms with Crippen LogP contribution in [-0.2, 0) is 11.2 Å². The van der Waals surface area contributed by atoms with Crippen LogP contribution in [0.25, 0.3) is 0 Å². The van der Waals surface area contributed by atoms with Crippen molar-refractivity contribution in [2.75, 3.05) is 5.32 Å². The van der Waals surface area contributed by atoms with Gasteiger partial charge in [0.15, 0.2) is 0 Å². The van der Waals surface area contributed by atoms with Crippen molar-refractivity contribution in [1.29, 1.82) is 0 Å². The lowest BCUT2D eigenvalue weighted by Gasteiger charge is -2.08. The Bertz CT molecular complexity index is 732. The highest BCUT2D eigenvalue weighted by molar-refractivity contribution is 5.91. The van der Waals surface area contributed by atoms with Gasteiger partial charge in [-0.25, -0.2) is 0 Å². The monoisotopic (exact) mass is 355 g/mol. The van der Waals surface area contributed by atoms with Gasteiger partial charge < -0.3 is 5.32 Å². The van der Waals surface area contributed by atoms with E-state index in [1.807, 2.05) is 12.1 Å². The average Bonchev–Trinajstić information content (AvgIpc) is 2.63. The first kappa shape index (κ1) is 19.6. The zero-order chi connectivity index (χ0) is 18.8. The Balaban J connectivity index is 1.99. The maximum absolute atomic E-state index is 12.0. The molecule has 2 aromatic rings. The number of rotatable bonds is 10. The number of nitrogens with zero attached hydrogens (tertiary/aromatic N) is 2. The second kappa shape index (κ2) is 10.3. The number of hydrogen-bond donors (Lipinski definition) is 1. The number of aromatic nitrogens is 1. The minimum absolute atomic E-state index is 0.00333. The van der Waals surface area contributed by atoms with Gasteiger partial charge in [-0.05, 0) is 30.7 Å². The molecular weight excluding hydrogens is 330 g/mol. The maximum Gasteiger partial charge on any atom is 0.275 e. The maximum atomic E-state index is 12.0. The largest absolute Gasteiger partial charge is 0.326 e. The molecule has 0 radical (unpaired) electrons. The molecule has 0 saturated carbocycles. The Labute approximate surface area is 153 Å². The molecule has 0 atom stereocenters. The fraction of sp³-hybridized carbons (Fsp3) is 0.400. The van der Waals surface area contributed by atoms with Crippen LogP contribution in [0.1, 0.15) is 56.7 Å². The Kier molecular flexibility index (Phi) is 7.74. The zero-order valence-corrected chi connectivity index (χ0v) is 15.1. The number of nitro groups is 1. The fourth-order valence-corrected chi connectivity index (χ4v) is 2.77. The van der Waals surface area contributed by atoms with E-state index in [9.17, 15) is 14.9 Å². The van der Waals surface area contributed by atoms with Gasteiger partial charge in [-0.2, -0.15) is 0 Å². The van der Waals surface area contributed by atoms with Gasteiger partial charge in [0.25, 0.3) is 5.69 Å². The highest BCUT2D eigenvalue weighted by Crippen LogP contribution is 2.25. The van der Waals surface area contributed by atoms with Gasteiger partial charge in [-0.3, -0.25) is 19.9 Å². The first-order valence-electron chi connectivity index (χ1n) is 9.07. The molecule has 0 aliphatic heterocycles. The van der Waals surface area contributed by atoms with Crippen LogP contribution in [0.3, 0.4) is 0 Å². The van der Waals surface area contributed by atoms with E-state index in [-0.39, 0.29) is 11.6 Å². The molecule has 1 aromatic carbocycles. The third-order valence-corrected chi connectivity index (χ3v) is 4.17. The van der Waals surface area contributed by atoms with Crippen molar-refractivity contribution in [3.8, 4) is 0 Å². The summed E-state index contributed by atoms with van der Waals surface area (Å²) < 4.78 is 0. The topological polar surface area (TPSA) is 85.1 Å². The zero-order valence-electron chi connectivity index (χ0n) is 15.1. The molecule has 0 spiro atoms. The number of carbonyl (C=O) groups is 1. The number of nitro benzene ring substituents is 1. The number of anilines is 1. The van der Waals surface area contributed by atoms with E-state index in [1.165, 1.54) is 18.9 Å². The molecule has 2 rings (SSSR count). The van der Waals surface area contributed by atoms with Crippen LogP contribution < -0.4 is 5.32 Å². The first-order chi connectivity index (χ1) is 12.6. The molecule has 0 unspecified atom stereocenters. The number of pyridine rings is 1. The highest BCUT2D eigenvalue weighted by atomic mass is 16.6. The number of nitrogens with one attached hydrogen (secondary N) is 1. The highest BCUT2D eigenvalue weighted by Gasteiger charge is 2.16. The third-order valence-electron chi connectivity index (χ3n) is 4.17. The first-order valence-corrected chi connectivity index (χ1v) is 9.07. The summed E-state index contributed by atoms with van der Waals surface area (Å²) in [7, 11) is 0. The number of hydrogen-bond acceptors (Lipinski definition) is 4. The molecule has 1 heterocycles. The molecular formula is C20H25N3O3.